The van der Waals surface area contributed by atoms with Gasteiger partial charge in [0.25, 0.3) is 5.91 Å². The molecule has 1 aliphatic rings. The number of halogens is 2. The van der Waals surface area contributed by atoms with Crippen LogP contribution in [0.25, 0.3) is 0 Å². The highest BCUT2D eigenvalue weighted by Gasteiger charge is 2.27. The minimum atomic E-state index is -0.439. The van der Waals surface area contributed by atoms with Crippen molar-refractivity contribution in [1.82, 2.24) is 15.0 Å². The number of anilines is 1. The second-order valence-corrected chi connectivity index (χ2v) is 6.34. The van der Waals surface area contributed by atoms with Crippen molar-refractivity contribution in [2.45, 2.75) is 26.2 Å². The molecule has 1 amide bonds. The lowest BCUT2D eigenvalue weighted by Gasteiger charge is -2.24. The fraction of sp³-hybridized carbons (Fsp3) is 0.211. The normalized spacial score (nSPS) is 16.0. The topological polar surface area (TPSA) is 69.0 Å². The molecule has 0 bridgehead atoms. The number of aromatic nitrogens is 3. The Hall–Kier alpha value is -3.13. The first kappa shape index (κ1) is 17.3. The predicted octanol–water partition coefficient (Wildman–Crippen LogP) is 3.39. The summed E-state index contributed by atoms with van der Waals surface area (Å²) in [5, 5.41) is 10.7. The lowest BCUT2D eigenvalue weighted by molar-refractivity contribution is -0.00174. The van der Waals surface area contributed by atoms with Crippen LogP contribution in [-0.2, 0) is 17.9 Å². The van der Waals surface area contributed by atoms with E-state index in [0.29, 0.717) is 23.5 Å². The average Bonchev–Trinajstić information content (AvgIpc) is 3.08. The summed E-state index contributed by atoms with van der Waals surface area (Å²) in [6.07, 6.45) is -0.296. The molecule has 2 aromatic carbocycles. The van der Waals surface area contributed by atoms with Gasteiger partial charge in [-0.3, -0.25) is 4.79 Å². The molecular formula is C19H16F2N4O2. The third kappa shape index (κ3) is 3.43. The molecule has 0 saturated carbocycles. The Morgan fingerprint density at radius 2 is 2.00 bits per heavy atom. The Morgan fingerprint density at radius 3 is 2.74 bits per heavy atom. The minimum Gasteiger partial charge on any atom is -0.365 e. The van der Waals surface area contributed by atoms with Crippen molar-refractivity contribution in [1.29, 1.82) is 0 Å². The minimum absolute atomic E-state index is 0.153. The molecule has 3 aromatic rings. The summed E-state index contributed by atoms with van der Waals surface area (Å²) in [5.41, 5.74) is 2.45. The van der Waals surface area contributed by atoms with Crippen LogP contribution in [0.1, 0.15) is 33.4 Å². The van der Waals surface area contributed by atoms with Crippen LogP contribution < -0.4 is 5.32 Å². The Morgan fingerprint density at radius 1 is 1.22 bits per heavy atom. The Kier molecular flexibility index (Phi) is 4.41. The highest BCUT2D eigenvalue weighted by molar-refractivity contribution is 6.03. The Labute approximate surface area is 153 Å². The first-order chi connectivity index (χ1) is 13.0. The molecule has 138 valence electrons. The average molecular weight is 370 g/mol. The molecule has 2 heterocycles. The monoisotopic (exact) mass is 370 g/mol. The number of benzene rings is 2. The lowest BCUT2D eigenvalue weighted by Crippen LogP contribution is -2.24. The van der Waals surface area contributed by atoms with Crippen LogP contribution in [0.2, 0.25) is 0 Å². The number of hydrogen-bond donors (Lipinski definition) is 1. The highest BCUT2D eigenvalue weighted by Crippen LogP contribution is 2.27. The fourth-order valence-electron chi connectivity index (χ4n) is 2.98. The second-order valence-electron chi connectivity index (χ2n) is 6.34. The van der Waals surface area contributed by atoms with Crippen LogP contribution in [0.15, 0.2) is 42.5 Å². The van der Waals surface area contributed by atoms with E-state index in [1.807, 2.05) is 0 Å². The van der Waals surface area contributed by atoms with Crippen LogP contribution >= 0.6 is 0 Å². The van der Waals surface area contributed by atoms with E-state index < -0.39 is 5.91 Å². The summed E-state index contributed by atoms with van der Waals surface area (Å²) < 4.78 is 33.9. The predicted molar refractivity (Wildman–Crippen MR) is 93.0 cm³/mol. The fourth-order valence-corrected chi connectivity index (χ4v) is 2.98. The first-order valence-corrected chi connectivity index (χ1v) is 8.38. The van der Waals surface area contributed by atoms with E-state index in [9.17, 15) is 13.6 Å². The van der Waals surface area contributed by atoms with Crippen LogP contribution in [-0.4, -0.2) is 20.9 Å². The number of carbonyl (C=O) groups excluding carboxylic acids is 1. The number of carbonyl (C=O) groups is 1. The van der Waals surface area contributed by atoms with E-state index in [1.165, 1.54) is 24.3 Å². The van der Waals surface area contributed by atoms with Gasteiger partial charge in [-0.05, 0) is 48.4 Å². The molecule has 8 heteroatoms. The van der Waals surface area contributed by atoms with Crippen molar-refractivity contribution in [3.8, 4) is 0 Å². The van der Waals surface area contributed by atoms with E-state index >= 15 is 0 Å². The van der Waals surface area contributed by atoms with Crippen molar-refractivity contribution >= 4 is 11.6 Å². The number of hydrogen-bond acceptors (Lipinski definition) is 4. The quantitative estimate of drug-likeness (QED) is 0.767. The zero-order valence-corrected chi connectivity index (χ0v) is 14.4. The number of nitrogens with one attached hydrogen (secondary N) is 1. The summed E-state index contributed by atoms with van der Waals surface area (Å²) in [5.74, 6) is -1.09. The molecule has 27 heavy (non-hydrogen) atoms. The van der Waals surface area contributed by atoms with E-state index in [0.717, 1.165) is 5.56 Å². The maximum atomic E-state index is 13.4. The van der Waals surface area contributed by atoms with Gasteiger partial charge in [-0.25, -0.2) is 13.5 Å². The maximum absolute atomic E-state index is 13.4. The standard InChI is InChI=1S/C19H16F2N4O2/c1-11-8-14(6-7-15(11)21)22-19(26)18-16-10-27-17(9-25(16)24-23-18)12-2-4-13(20)5-3-12/h2-8,17H,9-10H2,1H3,(H,22,26). The molecule has 0 spiro atoms. The smallest absolute Gasteiger partial charge is 0.278 e. The number of nitrogens with zero attached hydrogens (tertiary/aromatic N) is 3. The van der Waals surface area contributed by atoms with Crippen molar-refractivity contribution in [3.63, 3.8) is 0 Å². The van der Waals surface area contributed by atoms with E-state index in [2.05, 4.69) is 15.6 Å². The van der Waals surface area contributed by atoms with E-state index in [4.69, 9.17) is 4.74 Å². The molecule has 1 atom stereocenters. The number of rotatable bonds is 3. The van der Waals surface area contributed by atoms with Gasteiger partial charge in [0, 0.05) is 5.69 Å². The molecule has 0 radical (unpaired) electrons. The zero-order valence-electron chi connectivity index (χ0n) is 14.4. The van der Waals surface area contributed by atoms with Gasteiger partial charge in [-0.2, -0.15) is 0 Å². The Balaban J connectivity index is 1.51. The first-order valence-electron chi connectivity index (χ1n) is 8.38. The van der Waals surface area contributed by atoms with Crippen molar-refractivity contribution < 1.29 is 18.3 Å². The van der Waals surface area contributed by atoms with Crippen molar-refractivity contribution in [3.05, 3.63) is 76.6 Å². The number of aryl methyl sites for hydroxylation is 1. The molecule has 0 aliphatic carbocycles. The molecular weight excluding hydrogens is 354 g/mol. The van der Waals surface area contributed by atoms with Crippen LogP contribution in [0.5, 0.6) is 0 Å². The van der Waals surface area contributed by atoms with Gasteiger partial charge >= 0.3 is 0 Å². The van der Waals surface area contributed by atoms with Gasteiger partial charge in [0.2, 0.25) is 0 Å². The SMILES string of the molecule is Cc1cc(NC(=O)c2nnn3c2COC(c2ccc(F)cc2)C3)ccc1F. The molecule has 1 aliphatic heterocycles. The van der Waals surface area contributed by atoms with Gasteiger partial charge in [0.15, 0.2) is 5.69 Å². The van der Waals surface area contributed by atoms with Gasteiger partial charge in [0.05, 0.1) is 18.8 Å². The third-order valence-corrected chi connectivity index (χ3v) is 4.47. The maximum Gasteiger partial charge on any atom is 0.278 e. The van der Waals surface area contributed by atoms with Gasteiger partial charge in [0.1, 0.15) is 17.7 Å². The van der Waals surface area contributed by atoms with Gasteiger partial charge < -0.3 is 10.1 Å². The third-order valence-electron chi connectivity index (χ3n) is 4.47. The molecule has 4 rings (SSSR count). The van der Waals surface area contributed by atoms with Gasteiger partial charge in [-0.1, -0.05) is 17.3 Å². The van der Waals surface area contributed by atoms with Crippen LogP contribution in [0.4, 0.5) is 14.5 Å². The molecule has 1 unspecified atom stereocenters. The molecule has 6 nitrogen and oxygen atoms in total. The van der Waals surface area contributed by atoms with Crippen LogP contribution in [0.3, 0.4) is 0 Å². The summed E-state index contributed by atoms with van der Waals surface area (Å²) in [6.45, 7) is 2.14. The van der Waals surface area contributed by atoms with Gasteiger partial charge in [-0.15, -0.1) is 5.10 Å². The van der Waals surface area contributed by atoms with Crippen LogP contribution in [0, 0.1) is 18.6 Å². The van der Waals surface area contributed by atoms with E-state index in [-0.39, 0.29) is 30.0 Å². The number of ether oxygens (including phenoxy) is 1. The summed E-state index contributed by atoms with van der Waals surface area (Å²) in [4.78, 5) is 12.5. The van der Waals surface area contributed by atoms with E-state index in [1.54, 1.807) is 29.8 Å². The summed E-state index contributed by atoms with van der Waals surface area (Å²) >= 11 is 0. The second kappa shape index (κ2) is 6.88. The lowest BCUT2D eigenvalue weighted by atomic mass is 10.1. The molecule has 0 saturated heterocycles. The zero-order chi connectivity index (χ0) is 19.0. The summed E-state index contributed by atoms with van der Waals surface area (Å²) in [6, 6.07) is 10.4. The van der Waals surface area contributed by atoms with Crippen molar-refractivity contribution in [2.75, 3.05) is 5.32 Å². The molecule has 1 aromatic heterocycles. The number of fused-ring (bicyclic) bond motifs is 1. The largest absolute Gasteiger partial charge is 0.365 e. The summed E-state index contributed by atoms with van der Waals surface area (Å²) in [7, 11) is 0. The van der Waals surface area contributed by atoms with Crippen molar-refractivity contribution in [2.24, 2.45) is 0 Å². The highest BCUT2D eigenvalue weighted by atomic mass is 19.1. The Bertz CT molecular complexity index is 1000. The molecule has 1 N–H and O–H groups in total. The number of amides is 1. The molecule has 0 fully saturated rings.